The second kappa shape index (κ2) is 7.04. The molecule has 0 bridgehead atoms. The Morgan fingerprint density at radius 3 is 2.52 bits per heavy atom. The number of nitrogens with one attached hydrogen (secondary N) is 1. The number of hydrogen-bond donors (Lipinski definition) is 2. The number of aliphatic hydroxyl groups is 1. The van der Waals surface area contributed by atoms with Crippen molar-refractivity contribution in [2.24, 2.45) is 0 Å². The number of rotatable bonds is 5. The molecule has 0 fully saturated rings. The molecule has 0 amide bonds. The van der Waals surface area contributed by atoms with Gasteiger partial charge in [0.05, 0.1) is 10.6 Å². The van der Waals surface area contributed by atoms with Gasteiger partial charge in [0, 0.05) is 17.9 Å². The molecule has 0 saturated carbocycles. The highest BCUT2D eigenvalue weighted by atomic mass is 32.2. The molecule has 21 heavy (non-hydrogen) atoms. The topological polar surface area (TPSA) is 101 Å². The molecule has 8 heteroatoms. The second-order valence-corrected chi connectivity index (χ2v) is 8.50. The lowest BCUT2D eigenvalue weighted by Gasteiger charge is -2.13. The fraction of sp³-hybridized carbons (Fsp3) is 0.385. The number of hydrogen-bond acceptors (Lipinski definition) is 5. The van der Waals surface area contributed by atoms with E-state index in [1.165, 1.54) is 25.1 Å². The summed E-state index contributed by atoms with van der Waals surface area (Å²) in [6.45, 7) is 1.16. The van der Waals surface area contributed by atoms with Crippen molar-refractivity contribution >= 4 is 19.9 Å². The Bertz CT molecular complexity index is 757. The minimum absolute atomic E-state index is 0.00686. The van der Waals surface area contributed by atoms with Gasteiger partial charge >= 0.3 is 0 Å². The van der Waals surface area contributed by atoms with E-state index in [-0.39, 0.29) is 17.3 Å². The molecule has 6 nitrogen and oxygen atoms in total. The lowest BCUT2D eigenvalue weighted by Crippen LogP contribution is -2.37. The molecule has 0 radical (unpaired) electrons. The Morgan fingerprint density at radius 1 is 1.29 bits per heavy atom. The van der Waals surface area contributed by atoms with Gasteiger partial charge in [-0.1, -0.05) is 17.9 Å². The maximum absolute atomic E-state index is 12.2. The van der Waals surface area contributed by atoms with Crippen molar-refractivity contribution in [3.63, 3.8) is 0 Å². The number of benzene rings is 1. The van der Waals surface area contributed by atoms with Crippen LogP contribution in [0.5, 0.6) is 0 Å². The largest absolute Gasteiger partial charge is 0.384 e. The Labute approximate surface area is 125 Å². The van der Waals surface area contributed by atoms with E-state index >= 15 is 0 Å². The van der Waals surface area contributed by atoms with Crippen LogP contribution in [0.1, 0.15) is 12.5 Å². The molecule has 0 aromatic heterocycles. The van der Waals surface area contributed by atoms with Crippen LogP contribution in [-0.2, 0) is 19.9 Å². The van der Waals surface area contributed by atoms with E-state index in [1.807, 2.05) is 0 Å². The highest BCUT2D eigenvalue weighted by Gasteiger charge is 2.20. The van der Waals surface area contributed by atoms with Crippen LogP contribution < -0.4 is 4.72 Å². The van der Waals surface area contributed by atoms with Crippen molar-refractivity contribution in [3.05, 3.63) is 29.8 Å². The first-order valence-electron chi connectivity index (χ1n) is 6.04. The van der Waals surface area contributed by atoms with Crippen molar-refractivity contribution in [2.45, 2.75) is 17.9 Å². The first kappa shape index (κ1) is 17.7. The fourth-order valence-electron chi connectivity index (χ4n) is 1.70. The van der Waals surface area contributed by atoms with E-state index < -0.39 is 25.9 Å². The lowest BCUT2D eigenvalue weighted by atomic mass is 10.2. The highest BCUT2D eigenvalue weighted by Crippen LogP contribution is 2.11. The molecule has 116 valence electrons. The lowest BCUT2D eigenvalue weighted by molar-refractivity contribution is 0.350. The van der Waals surface area contributed by atoms with Gasteiger partial charge < -0.3 is 5.11 Å². The van der Waals surface area contributed by atoms with E-state index in [0.29, 0.717) is 5.56 Å². The van der Waals surface area contributed by atoms with E-state index in [0.717, 1.165) is 6.26 Å². The summed E-state index contributed by atoms with van der Waals surface area (Å²) < 4.78 is 48.9. The zero-order valence-corrected chi connectivity index (χ0v) is 13.3. The predicted octanol–water partition coefficient (Wildman–Crippen LogP) is -0.258. The van der Waals surface area contributed by atoms with E-state index in [2.05, 4.69) is 16.6 Å². The summed E-state index contributed by atoms with van der Waals surface area (Å²) in [5.41, 5.74) is 0.447. The first-order chi connectivity index (χ1) is 9.64. The monoisotopic (exact) mass is 331 g/mol. The number of sulfonamides is 1. The molecule has 1 unspecified atom stereocenters. The van der Waals surface area contributed by atoms with Crippen LogP contribution in [0.4, 0.5) is 0 Å². The van der Waals surface area contributed by atoms with Crippen molar-refractivity contribution in [2.75, 3.05) is 18.6 Å². The van der Waals surface area contributed by atoms with Gasteiger partial charge in [-0.3, -0.25) is 0 Å². The minimum Gasteiger partial charge on any atom is -0.384 e. The van der Waals surface area contributed by atoms with Crippen LogP contribution in [0, 0.1) is 11.8 Å². The van der Waals surface area contributed by atoms with Crippen molar-refractivity contribution < 1.29 is 21.9 Å². The molecule has 1 rings (SSSR count). The minimum atomic E-state index is -3.82. The Balaban J connectivity index is 2.98. The van der Waals surface area contributed by atoms with Gasteiger partial charge in [-0.05, 0) is 25.1 Å². The summed E-state index contributed by atoms with van der Waals surface area (Å²) in [4.78, 5) is -0.00686. The Morgan fingerprint density at radius 2 is 1.95 bits per heavy atom. The van der Waals surface area contributed by atoms with Crippen LogP contribution >= 0.6 is 0 Å². The zero-order chi connectivity index (χ0) is 16.1. The van der Waals surface area contributed by atoms with Gasteiger partial charge in [-0.15, -0.1) is 0 Å². The predicted molar refractivity (Wildman–Crippen MR) is 79.9 cm³/mol. The molecule has 0 aliphatic rings. The third-order valence-corrected chi connectivity index (χ3v) is 5.06. The van der Waals surface area contributed by atoms with Crippen molar-refractivity contribution in [1.82, 2.24) is 4.72 Å². The first-order valence-corrected chi connectivity index (χ1v) is 9.58. The normalized spacial score (nSPS) is 13.3. The Kier molecular flexibility index (Phi) is 5.92. The van der Waals surface area contributed by atoms with Gasteiger partial charge in [0.15, 0.2) is 0 Å². The quantitative estimate of drug-likeness (QED) is 0.724. The van der Waals surface area contributed by atoms with Gasteiger partial charge in [0.2, 0.25) is 10.0 Å². The van der Waals surface area contributed by atoms with Gasteiger partial charge in [-0.2, -0.15) is 0 Å². The SMILES string of the molecule is CC(CS(C)(=O)=O)NS(=O)(=O)c1cccc(C#CCO)c1. The van der Waals surface area contributed by atoms with Gasteiger partial charge in [-0.25, -0.2) is 21.6 Å². The van der Waals surface area contributed by atoms with Crippen LogP contribution in [-0.4, -0.2) is 46.6 Å². The smallest absolute Gasteiger partial charge is 0.240 e. The summed E-state index contributed by atoms with van der Waals surface area (Å²) in [6.07, 6.45) is 1.04. The number of sulfone groups is 1. The fourth-order valence-corrected chi connectivity index (χ4v) is 4.09. The van der Waals surface area contributed by atoms with Crippen LogP contribution in [0.15, 0.2) is 29.2 Å². The van der Waals surface area contributed by atoms with Crippen LogP contribution in [0.3, 0.4) is 0 Å². The summed E-state index contributed by atoms with van der Waals surface area (Å²) >= 11 is 0. The standard InChI is InChI=1S/C13H17NO5S2/c1-11(10-20(2,16)17)14-21(18,19)13-7-3-5-12(9-13)6-4-8-15/h3,5,7,9,11,14-15H,8,10H2,1-2H3. The molecule has 0 aliphatic carbocycles. The van der Waals surface area contributed by atoms with E-state index in [9.17, 15) is 16.8 Å². The molecule has 1 aromatic rings. The zero-order valence-electron chi connectivity index (χ0n) is 11.7. The summed E-state index contributed by atoms with van der Waals surface area (Å²) in [6, 6.07) is 5.15. The van der Waals surface area contributed by atoms with Crippen molar-refractivity contribution in [1.29, 1.82) is 0 Å². The van der Waals surface area contributed by atoms with Gasteiger partial charge in [0.1, 0.15) is 16.4 Å². The molecular formula is C13H17NO5S2. The Hall–Kier alpha value is -1.40. The molecular weight excluding hydrogens is 314 g/mol. The molecule has 2 N–H and O–H groups in total. The maximum atomic E-state index is 12.2. The van der Waals surface area contributed by atoms with E-state index in [1.54, 1.807) is 6.07 Å². The maximum Gasteiger partial charge on any atom is 0.240 e. The summed E-state index contributed by atoms with van der Waals surface area (Å²) in [5.74, 6) is 4.75. The molecule has 1 aromatic carbocycles. The third kappa shape index (κ3) is 6.27. The van der Waals surface area contributed by atoms with Crippen molar-refractivity contribution in [3.8, 4) is 11.8 Å². The highest BCUT2D eigenvalue weighted by molar-refractivity contribution is 7.91. The average Bonchev–Trinajstić information content (AvgIpc) is 2.33. The molecule has 1 atom stereocenters. The van der Waals surface area contributed by atoms with Crippen LogP contribution in [0.2, 0.25) is 0 Å². The van der Waals surface area contributed by atoms with Crippen LogP contribution in [0.25, 0.3) is 0 Å². The molecule has 0 heterocycles. The molecule has 0 aliphatic heterocycles. The summed E-state index contributed by atoms with van der Waals surface area (Å²) in [5, 5.41) is 8.62. The third-order valence-electron chi connectivity index (χ3n) is 2.37. The summed E-state index contributed by atoms with van der Waals surface area (Å²) in [7, 11) is -7.10. The second-order valence-electron chi connectivity index (χ2n) is 4.60. The average molecular weight is 331 g/mol. The van der Waals surface area contributed by atoms with E-state index in [4.69, 9.17) is 5.11 Å². The molecule has 0 saturated heterocycles. The van der Waals surface area contributed by atoms with Gasteiger partial charge in [0.25, 0.3) is 0 Å². The number of aliphatic hydroxyl groups excluding tert-OH is 1. The molecule has 0 spiro atoms.